The molecule has 0 radical (unpaired) electrons. The monoisotopic (exact) mass is 429 g/mol. The molecule has 2 amide bonds. The number of nitrogens with zero attached hydrogens (tertiary/aromatic N) is 4. The Morgan fingerprint density at radius 2 is 1.94 bits per heavy atom. The highest BCUT2D eigenvalue weighted by atomic mass is 16.5. The van der Waals surface area contributed by atoms with Crippen molar-refractivity contribution in [3.05, 3.63) is 36.2 Å². The lowest BCUT2D eigenvalue weighted by atomic mass is 9.99. The molecule has 168 valence electrons. The van der Waals surface area contributed by atoms with Crippen LogP contribution in [0, 0.1) is 0 Å². The molecule has 1 aromatic heterocycles. The number of piperidine rings is 1. The number of aromatic nitrogens is 3. The highest BCUT2D eigenvalue weighted by Gasteiger charge is 2.27. The normalized spacial score (nSPS) is 16.3. The van der Waals surface area contributed by atoms with Gasteiger partial charge in [0.05, 0.1) is 13.3 Å². The summed E-state index contributed by atoms with van der Waals surface area (Å²) in [4.78, 5) is 26.8. The molecule has 1 aromatic carbocycles. The summed E-state index contributed by atoms with van der Waals surface area (Å²) in [5.41, 5.74) is 0.304. The van der Waals surface area contributed by atoms with Crippen LogP contribution in [0.15, 0.2) is 30.5 Å². The number of aryl methyl sites for hydroxylation is 1. The molecular weight excluding hydrogens is 398 g/mol. The molecule has 2 aromatic rings. The fourth-order valence-electron chi connectivity index (χ4n) is 3.66. The third-order valence-corrected chi connectivity index (χ3v) is 5.25. The average molecular weight is 430 g/mol. The molecule has 0 saturated carbocycles. The van der Waals surface area contributed by atoms with E-state index < -0.39 is 0 Å². The van der Waals surface area contributed by atoms with Gasteiger partial charge in [0.1, 0.15) is 11.5 Å². The zero-order chi connectivity index (χ0) is 22.2. The summed E-state index contributed by atoms with van der Waals surface area (Å²) >= 11 is 0. The minimum absolute atomic E-state index is 0.00563. The third-order valence-electron chi connectivity index (χ3n) is 5.25. The Kier molecular flexibility index (Phi) is 7.86. The van der Waals surface area contributed by atoms with Crippen LogP contribution in [-0.2, 0) is 11.3 Å². The summed E-state index contributed by atoms with van der Waals surface area (Å²) in [7, 11) is 1.61. The minimum atomic E-state index is -0.230. The Morgan fingerprint density at radius 1 is 1.19 bits per heavy atom. The first-order valence-electron chi connectivity index (χ1n) is 10.7. The fraction of sp³-hybridized carbons (Fsp3) is 0.545. The van der Waals surface area contributed by atoms with Gasteiger partial charge < -0.3 is 19.7 Å². The lowest BCUT2D eigenvalue weighted by Gasteiger charge is -2.35. The lowest BCUT2D eigenvalue weighted by Crippen LogP contribution is -2.46. The molecule has 1 aliphatic heterocycles. The van der Waals surface area contributed by atoms with Gasteiger partial charge >= 0.3 is 0 Å². The zero-order valence-corrected chi connectivity index (χ0v) is 18.4. The van der Waals surface area contributed by atoms with Crippen LogP contribution in [0.3, 0.4) is 0 Å². The smallest absolute Gasteiger partial charge is 0.273 e. The van der Waals surface area contributed by atoms with Crippen molar-refractivity contribution in [1.29, 1.82) is 0 Å². The van der Waals surface area contributed by atoms with Gasteiger partial charge in [-0.05, 0) is 63.8 Å². The average Bonchev–Trinajstić information content (AvgIpc) is 3.25. The molecule has 2 heterocycles. The highest BCUT2D eigenvalue weighted by molar-refractivity contribution is 5.91. The van der Waals surface area contributed by atoms with Crippen molar-refractivity contribution in [2.45, 2.75) is 58.2 Å². The number of nitrogens with one attached hydrogen (secondary N) is 1. The molecule has 0 aliphatic carbocycles. The first-order chi connectivity index (χ1) is 15.0. The van der Waals surface area contributed by atoms with Gasteiger partial charge in [0.2, 0.25) is 0 Å². The van der Waals surface area contributed by atoms with Gasteiger partial charge in [0.15, 0.2) is 12.3 Å². The van der Waals surface area contributed by atoms with Crippen molar-refractivity contribution in [1.82, 2.24) is 25.2 Å². The number of hydrogen-bond acceptors (Lipinski definition) is 6. The lowest BCUT2D eigenvalue weighted by molar-refractivity contribution is -0.137. The zero-order valence-electron chi connectivity index (χ0n) is 18.4. The Hall–Kier alpha value is -3.10. The second kappa shape index (κ2) is 10.8. The molecule has 0 unspecified atom stereocenters. The van der Waals surface area contributed by atoms with E-state index in [4.69, 9.17) is 9.47 Å². The largest absolute Gasteiger partial charge is 0.497 e. The molecule has 1 fully saturated rings. The molecule has 3 rings (SSSR count). The van der Waals surface area contributed by atoms with Crippen LogP contribution in [-0.4, -0.2) is 64.1 Å². The molecule has 1 N–H and O–H groups in total. The molecule has 0 bridgehead atoms. The van der Waals surface area contributed by atoms with Crippen LogP contribution in [0.25, 0.3) is 0 Å². The summed E-state index contributed by atoms with van der Waals surface area (Å²) in [5.74, 6) is 1.13. The van der Waals surface area contributed by atoms with E-state index in [0.29, 0.717) is 18.0 Å². The van der Waals surface area contributed by atoms with E-state index in [1.54, 1.807) is 42.3 Å². The molecule has 31 heavy (non-hydrogen) atoms. The molecule has 1 saturated heterocycles. The number of rotatable bonds is 9. The van der Waals surface area contributed by atoms with Crippen LogP contribution in [0.2, 0.25) is 0 Å². The predicted octanol–water partition coefficient (Wildman–Crippen LogP) is 2.28. The van der Waals surface area contributed by atoms with Gasteiger partial charge in [0, 0.05) is 25.2 Å². The van der Waals surface area contributed by atoms with Crippen molar-refractivity contribution >= 4 is 11.8 Å². The number of hydrogen-bond donors (Lipinski definition) is 1. The van der Waals surface area contributed by atoms with E-state index in [1.807, 2.05) is 18.7 Å². The Labute approximate surface area is 182 Å². The standard InChI is InChI=1S/C22H31N5O4/c1-16(2)23-22(29)20-14-26(25-24-20)13-11-17-6-4-5-12-27(17)21(28)15-31-19-9-7-18(30-3)8-10-19/h7-10,14,16-17H,4-6,11-13,15H2,1-3H3,(H,23,29)/t17-/m0/s1. The summed E-state index contributed by atoms with van der Waals surface area (Å²) in [6.07, 6.45) is 5.44. The summed E-state index contributed by atoms with van der Waals surface area (Å²) in [6.45, 7) is 5.13. The number of ether oxygens (including phenoxy) is 2. The molecule has 1 aliphatic rings. The number of likely N-dealkylation sites (tertiary alicyclic amines) is 1. The van der Waals surface area contributed by atoms with Gasteiger partial charge in [-0.25, -0.2) is 0 Å². The quantitative estimate of drug-likeness (QED) is 0.657. The Balaban J connectivity index is 1.52. The van der Waals surface area contributed by atoms with E-state index in [0.717, 1.165) is 38.0 Å². The highest BCUT2D eigenvalue weighted by Crippen LogP contribution is 2.21. The van der Waals surface area contributed by atoms with Crippen molar-refractivity contribution in [2.24, 2.45) is 0 Å². The van der Waals surface area contributed by atoms with Crippen molar-refractivity contribution in [2.75, 3.05) is 20.3 Å². The van der Waals surface area contributed by atoms with Crippen LogP contribution in [0.4, 0.5) is 0 Å². The molecule has 0 spiro atoms. The SMILES string of the molecule is COc1ccc(OCC(=O)N2CCCC[C@H]2CCn2cc(C(=O)NC(C)C)nn2)cc1. The van der Waals surface area contributed by atoms with Crippen LogP contribution in [0.1, 0.15) is 50.0 Å². The molecular formula is C22H31N5O4. The summed E-state index contributed by atoms with van der Waals surface area (Å²) in [5, 5.41) is 10.8. The van der Waals surface area contributed by atoms with E-state index in [1.165, 1.54) is 0 Å². The topological polar surface area (TPSA) is 98.6 Å². The van der Waals surface area contributed by atoms with Crippen LogP contribution >= 0.6 is 0 Å². The fourth-order valence-corrected chi connectivity index (χ4v) is 3.66. The maximum absolute atomic E-state index is 12.8. The molecule has 9 nitrogen and oxygen atoms in total. The van der Waals surface area contributed by atoms with Crippen molar-refractivity contribution < 1.29 is 19.1 Å². The number of carbonyl (C=O) groups excluding carboxylic acids is 2. The number of benzene rings is 1. The van der Waals surface area contributed by atoms with E-state index >= 15 is 0 Å². The van der Waals surface area contributed by atoms with Gasteiger partial charge in [0.25, 0.3) is 11.8 Å². The third kappa shape index (κ3) is 6.44. The van der Waals surface area contributed by atoms with Crippen molar-refractivity contribution in [3.8, 4) is 11.5 Å². The van der Waals surface area contributed by atoms with Crippen molar-refractivity contribution in [3.63, 3.8) is 0 Å². The minimum Gasteiger partial charge on any atom is -0.497 e. The predicted molar refractivity (Wildman–Crippen MR) is 115 cm³/mol. The second-order valence-corrected chi connectivity index (χ2v) is 7.98. The maximum atomic E-state index is 12.8. The number of amides is 2. The Bertz CT molecular complexity index is 865. The van der Waals surface area contributed by atoms with E-state index in [9.17, 15) is 9.59 Å². The van der Waals surface area contributed by atoms with Gasteiger partial charge in [-0.3, -0.25) is 14.3 Å². The van der Waals surface area contributed by atoms with E-state index in [2.05, 4.69) is 15.6 Å². The van der Waals surface area contributed by atoms with Gasteiger partial charge in [-0.1, -0.05) is 5.21 Å². The number of carbonyl (C=O) groups is 2. The first kappa shape index (κ1) is 22.6. The summed E-state index contributed by atoms with van der Waals surface area (Å²) in [6, 6.07) is 7.35. The van der Waals surface area contributed by atoms with Crippen LogP contribution < -0.4 is 14.8 Å². The molecule has 1 atom stereocenters. The van der Waals surface area contributed by atoms with Gasteiger partial charge in [-0.15, -0.1) is 5.10 Å². The second-order valence-electron chi connectivity index (χ2n) is 7.98. The van der Waals surface area contributed by atoms with Gasteiger partial charge in [-0.2, -0.15) is 0 Å². The summed E-state index contributed by atoms with van der Waals surface area (Å²) < 4.78 is 12.5. The van der Waals surface area contributed by atoms with E-state index in [-0.39, 0.29) is 30.5 Å². The first-order valence-corrected chi connectivity index (χ1v) is 10.7. The Morgan fingerprint density at radius 3 is 2.65 bits per heavy atom. The number of methoxy groups -OCH3 is 1. The molecule has 9 heteroatoms. The van der Waals surface area contributed by atoms with Crippen LogP contribution in [0.5, 0.6) is 11.5 Å². The maximum Gasteiger partial charge on any atom is 0.273 e.